The van der Waals surface area contributed by atoms with Crippen LogP contribution in [0.2, 0.25) is 0 Å². The molecular weight excluding hydrogens is 292 g/mol. The van der Waals surface area contributed by atoms with E-state index in [9.17, 15) is 4.79 Å². The SMILES string of the molecule is CCc1cnc(-c2c[nH]n3c(=O)cc(-c4ccccc4)nc23)o1. The fraction of sp³-hybridized carbons (Fsp3) is 0.118. The molecule has 0 unspecified atom stereocenters. The number of rotatable bonds is 3. The van der Waals surface area contributed by atoms with Crippen molar-refractivity contribution in [3.8, 4) is 22.7 Å². The molecule has 0 spiro atoms. The van der Waals surface area contributed by atoms with Gasteiger partial charge in [-0.1, -0.05) is 37.3 Å². The number of aryl methyl sites for hydroxylation is 1. The van der Waals surface area contributed by atoms with Crippen LogP contribution in [0.1, 0.15) is 12.7 Å². The van der Waals surface area contributed by atoms with Gasteiger partial charge in [0.15, 0.2) is 5.65 Å². The molecule has 0 aliphatic carbocycles. The Morgan fingerprint density at radius 3 is 2.83 bits per heavy atom. The molecule has 0 aliphatic heterocycles. The summed E-state index contributed by atoms with van der Waals surface area (Å²) in [6.45, 7) is 2.00. The lowest BCUT2D eigenvalue weighted by molar-refractivity contribution is 0.525. The molecule has 1 aromatic carbocycles. The minimum Gasteiger partial charge on any atom is -0.441 e. The third kappa shape index (κ3) is 2.24. The maximum atomic E-state index is 12.3. The molecule has 4 rings (SSSR count). The number of nitrogens with zero attached hydrogens (tertiary/aromatic N) is 3. The van der Waals surface area contributed by atoms with Gasteiger partial charge in [0.2, 0.25) is 5.89 Å². The van der Waals surface area contributed by atoms with Gasteiger partial charge in [-0.3, -0.25) is 9.89 Å². The van der Waals surface area contributed by atoms with Crippen LogP contribution in [0.3, 0.4) is 0 Å². The average Bonchev–Trinajstić information content (AvgIpc) is 3.22. The van der Waals surface area contributed by atoms with Crippen molar-refractivity contribution in [2.45, 2.75) is 13.3 Å². The van der Waals surface area contributed by atoms with Crippen LogP contribution in [0.5, 0.6) is 0 Å². The molecule has 114 valence electrons. The summed E-state index contributed by atoms with van der Waals surface area (Å²) in [5, 5.41) is 2.90. The van der Waals surface area contributed by atoms with Gasteiger partial charge in [-0.25, -0.2) is 14.5 Å². The van der Waals surface area contributed by atoms with Crippen molar-refractivity contribution in [3.63, 3.8) is 0 Å². The number of benzene rings is 1. The summed E-state index contributed by atoms with van der Waals surface area (Å²) in [6.07, 6.45) is 4.14. The van der Waals surface area contributed by atoms with Gasteiger partial charge >= 0.3 is 0 Å². The second-order valence-electron chi connectivity index (χ2n) is 5.18. The van der Waals surface area contributed by atoms with Crippen LogP contribution in [-0.4, -0.2) is 19.6 Å². The smallest absolute Gasteiger partial charge is 0.273 e. The van der Waals surface area contributed by atoms with Gasteiger partial charge < -0.3 is 4.42 Å². The monoisotopic (exact) mass is 306 g/mol. The van der Waals surface area contributed by atoms with Crippen LogP contribution in [0.4, 0.5) is 0 Å². The van der Waals surface area contributed by atoms with E-state index in [1.165, 1.54) is 10.6 Å². The number of fused-ring (bicyclic) bond motifs is 1. The standard InChI is InChI=1S/C17H14N4O2/c1-2-12-9-18-17(23-12)13-10-19-21-15(22)8-14(20-16(13)21)11-6-4-3-5-7-11/h3-10,19H,2H2,1H3. The van der Waals surface area contributed by atoms with E-state index in [4.69, 9.17) is 4.42 Å². The molecule has 0 aliphatic rings. The summed E-state index contributed by atoms with van der Waals surface area (Å²) in [7, 11) is 0. The second-order valence-corrected chi connectivity index (χ2v) is 5.18. The van der Waals surface area contributed by atoms with E-state index in [0.717, 1.165) is 17.7 Å². The van der Waals surface area contributed by atoms with Gasteiger partial charge in [0.1, 0.15) is 5.76 Å². The van der Waals surface area contributed by atoms with E-state index in [1.807, 2.05) is 37.3 Å². The van der Waals surface area contributed by atoms with E-state index in [1.54, 1.807) is 12.4 Å². The van der Waals surface area contributed by atoms with E-state index < -0.39 is 0 Å². The molecule has 0 fully saturated rings. The first-order valence-corrected chi connectivity index (χ1v) is 7.38. The Kier molecular flexibility index (Phi) is 3.08. The van der Waals surface area contributed by atoms with E-state index in [-0.39, 0.29) is 5.56 Å². The zero-order valence-corrected chi connectivity index (χ0v) is 12.5. The molecule has 0 amide bonds. The maximum Gasteiger partial charge on any atom is 0.273 e. The molecule has 0 saturated carbocycles. The number of aromatic nitrogens is 4. The molecular formula is C17H14N4O2. The molecule has 0 radical (unpaired) electrons. The summed E-state index contributed by atoms with van der Waals surface area (Å²) in [6, 6.07) is 11.1. The van der Waals surface area contributed by atoms with Crippen molar-refractivity contribution in [2.24, 2.45) is 0 Å². The lowest BCUT2D eigenvalue weighted by atomic mass is 10.1. The van der Waals surface area contributed by atoms with Gasteiger partial charge in [0.05, 0.1) is 17.5 Å². The number of aromatic amines is 1. The van der Waals surface area contributed by atoms with Crippen LogP contribution < -0.4 is 5.56 Å². The van der Waals surface area contributed by atoms with Gasteiger partial charge in [-0.2, -0.15) is 0 Å². The second kappa shape index (κ2) is 5.24. The maximum absolute atomic E-state index is 12.3. The van der Waals surface area contributed by atoms with Gasteiger partial charge in [0.25, 0.3) is 5.56 Å². The zero-order chi connectivity index (χ0) is 15.8. The topological polar surface area (TPSA) is 76.2 Å². The molecule has 3 heterocycles. The largest absolute Gasteiger partial charge is 0.441 e. The quantitative estimate of drug-likeness (QED) is 0.631. The van der Waals surface area contributed by atoms with Crippen molar-refractivity contribution in [3.05, 3.63) is 64.9 Å². The highest BCUT2D eigenvalue weighted by atomic mass is 16.4. The highest BCUT2D eigenvalue weighted by molar-refractivity contribution is 5.73. The molecule has 0 atom stereocenters. The van der Waals surface area contributed by atoms with Crippen molar-refractivity contribution in [2.75, 3.05) is 0 Å². The first kappa shape index (κ1) is 13.5. The predicted octanol–water partition coefficient (Wildman–Crippen LogP) is 2.91. The van der Waals surface area contributed by atoms with Gasteiger partial charge in [0, 0.05) is 24.2 Å². The molecule has 1 N–H and O–H groups in total. The van der Waals surface area contributed by atoms with Crippen LogP contribution >= 0.6 is 0 Å². The highest BCUT2D eigenvalue weighted by Gasteiger charge is 2.15. The Balaban J connectivity index is 1.94. The summed E-state index contributed by atoms with van der Waals surface area (Å²) in [5.74, 6) is 1.25. The number of H-pyrrole nitrogens is 1. The first-order chi connectivity index (χ1) is 11.3. The van der Waals surface area contributed by atoms with Crippen LogP contribution in [0.15, 0.2) is 58.0 Å². The Bertz CT molecular complexity index is 1030. The van der Waals surface area contributed by atoms with Crippen molar-refractivity contribution < 1.29 is 4.42 Å². The average molecular weight is 306 g/mol. The van der Waals surface area contributed by atoms with E-state index in [0.29, 0.717) is 22.8 Å². The van der Waals surface area contributed by atoms with Gasteiger partial charge in [-0.05, 0) is 0 Å². The normalized spacial score (nSPS) is 11.2. The highest BCUT2D eigenvalue weighted by Crippen LogP contribution is 2.24. The first-order valence-electron chi connectivity index (χ1n) is 7.38. The Hall–Kier alpha value is -3.15. The number of hydrogen-bond acceptors (Lipinski definition) is 4. The summed E-state index contributed by atoms with van der Waals surface area (Å²) in [5.41, 5.74) is 2.50. The summed E-state index contributed by atoms with van der Waals surface area (Å²) in [4.78, 5) is 21.2. The Labute approximate surface area is 131 Å². The van der Waals surface area contributed by atoms with Crippen LogP contribution in [0.25, 0.3) is 28.4 Å². The summed E-state index contributed by atoms with van der Waals surface area (Å²) < 4.78 is 7.07. The predicted molar refractivity (Wildman–Crippen MR) is 86.1 cm³/mol. The number of oxazole rings is 1. The molecule has 23 heavy (non-hydrogen) atoms. The van der Waals surface area contributed by atoms with Crippen LogP contribution in [-0.2, 0) is 6.42 Å². The third-order valence-corrected chi connectivity index (χ3v) is 3.70. The van der Waals surface area contributed by atoms with Crippen LogP contribution in [0, 0.1) is 0 Å². The Morgan fingerprint density at radius 2 is 2.09 bits per heavy atom. The van der Waals surface area contributed by atoms with Crippen molar-refractivity contribution in [1.82, 2.24) is 19.6 Å². The molecule has 6 heteroatoms. The lowest BCUT2D eigenvalue weighted by Gasteiger charge is -2.01. The lowest BCUT2D eigenvalue weighted by Crippen LogP contribution is -2.14. The van der Waals surface area contributed by atoms with E-state index in [2.05, 4.69) is 15.1 Å². The molecule has 3 aromatic heterocycles. The Morgan fingerprint density at radius 1 is 1.26 bits per heavy atom. The zero-order valence-electron chi connectivity index (χ0n) is 12.5. The van der Waals surface area contributed by atoms with Gasteiger partial charge in [-0.15, -0.1) is 0 Å². The minimum atomic E-state index is -0.178. The third-order valence-electron chi connectivity index (χ3n) is 3.70. The summed E-state index contributed by atoms with van der Waals surface area (Å²) >= 11 is 0. The van der Waals surface area contributed by atoms with Crippen molar-refractivity contribution in [1.29, 1.82) is 0 Å². The molecule has 6 nitrogen and oxygen atoms in total. The molecule has 0 bridgehead atoms. The number of hydrogen-bond donors (Lipinski definition) is 1. The fourth-order valence-corrected chi connectivity index (χ4v) is 2.49. The molecule has 4 aromatic rings. The minimum absolute atomic E-state index is 0.178. The molecule has 0 saturated heterocycles. The van der Waals surface area contributed by atoms with E-state index >= 15 is 0 Å². The fourth-order valence-electron chi connectivity index (χ4n) is 2.49. The number of nitrogens with one attached hydrogen (secondary N) is 1. The van der Waals surface area contributed by atoms with Crippen molar-refractivity contribution >= 4 is 5.65 Å².